The highest BCUT2D eigenvalue weighted by Crippen LogP contribution is 2.25. The highest BCUT2D eigenvalue weighted by molar-refractivity contribution is 5.76. The van der Waals surface area contributed by atoms with Crippen LogP contribution in [-0.4, -0.2) is 81.2 Å². The molecule has 0 aliphatic carbocycles. The van der Waals surface area contributed by atoms with E-state index >= 15 is 0 Å². The lowest BCUT2D eigenvalue weighted by Gasteiger charge is -2.39. The summed E-state index contributed by atoms with van der Waals surface area (Å²) in [7, 11) is 0. The van der Waals surface area contributed by atoms with Crippen LogP contribution in [0.3, 0.4) is 0 Å². The Kier molecular flexibility index (Phi) is 7.63. The fraction of sp³-hybridized carbons (Fsp3) is 0.957. The maximum absolute atomic E-state index is 11.5. The normalized spacial score (nSPS) is 42.3. The maximum Gasteiger partial charge on any atom is 0.220 e. The fourth-order valence-corrected chi connectivity index (χ4v) is 6.99. The monoisotopic (exact) mass is 451 g/mol. The van der Waals surface area contributed by atoms with Crippen molar-refractivity contribution in [2.24, 2.45) is 23.5 Å². The average Bonchev–Trinajstić information content (AvgIpc) is 3.49. The first-order valence-electron chi connectivity index (χ1n) is 13.3. The maximum atomic E-state index is 11.5. The van der Waals surface area contributed by atoms with Crippen molar-refractivity contribution < 1.29 is 19.8 Å². The van der Waals surface area contributed by atoms with E-state index in [1.165, 1.54) is 58.3 Å². The van der Waals surface area contributed by atoms with E-state index in [-0.39, 0.29) is 24.2 Å². The number of rotatable bonds is 6. The van der Waals surface area contributed by atoms with E-state index in [0.29, 0.717) is 18.1 Å². The van der Waals surface area contributed by atoms with E-state index in [1.54, 1.807) is 4.90 Å². The summed E-state index contributed by atoms with van der Waals surface area (Å²) in [6.45, 7) is 8.08. The Morgan fingerprint density at radius 2 is 2.03 bits per heavy atom. The van der Waals surface area contributed by atoms with Gasteiger partial charge in [0.25, 0.3) is 0 Å². The predicted molar refractivity (Wildman–Crippen MR) is 121 cm³/mol. The number of hydroxylamine groups is 1. The van der Waals surface area contributed by atoms with Gasteiger partial charge in [-0.2, -0.15) is 5.48 Å². The molecule has 5 fully saturated rings. The number of nitrogens with one attached hydrogen (secondary N) is 4. The molecule has 7 atom stereocenters. The molecule has 5 aliphatic heterocycles. The molecule has 9 heteroatoms. The van der Waals surface area contributed by atoms with Crippen LogP contribution in [0.2, 0.25) is 0 Å². The minimum absolute atomic E-state index is 0.0687. The fourth-order valence-electron chi connectivity index (χ4n) is 6.99. The summed E-state index contributed by atoms with van der Waals surface area (Å²) < 4.78 is 0. The van der Waals surface area contributed by atoms with Crippen LogP contribution in [0.15, 0.2) is 0 Å². The number of carbonyl (C=O) groups is 1. The van der Waals surface area contributed by atoms with Crippen molar-refractivity contribution in [1.82, 2.24) is 21.0 Å². The highest BCUT2D eigenvalue weighted by atomic mass is 16.7. The van der Waals surface area contributed by atoms with Crippen LogP contribution >= 0.6 is 0 Å². The number of amides is 1. The van der Waals surface area contributed by atoms with Gasteiger partial charge in [-0.25, -0.2) is 0 Å². The van der Waals surface area contributed by atoms with Gasteiger partial charge >= 0.3 is 0 Å². The molecule has 0 saturated carbocycles. The van der Waals surface area contributed by atoms with Gasteiger partial charge in [-0.3, -0.25) is 19.8 Å². The quantitative estimate of drug-likeness (QED) is 0.262. The van der Waals surface area contributed by atoms with Crippen molar-refractivity contribution in [1.29, 1.82) is 0 Å². The second-order valence-corrected chi connectivity index (χ2v) is 11.0. The molecule has 0 aromatic heterocycles. The number of likely N-dealkylation sites (tertiary alicyclic amines) is 2. The lowest BCUT2D eigenvalue weighted by Crippen LogP contribution is -3.16. The summed E-state index contributed by atoms with van der Waals surface area (Å²) in [6, 6.07) is 0.563. The van der Waals surface area contributed by atoms with Gasteiger partial charge in [-0.1, -0.05) is 0 Å². The van der Waals surface area contributed by atoms with E-state index in [9.17, 15) is 4.79 Å². The highest BCUT2D eigenvalue weighted by Gasteiger charge is 2.45. The first kappa shape index (κ1) is 23.0. The molecular weight excluding hydrogens is 406 g/mol. The van der Waals surface area contributed by atoms with Crippen molar-refractivity contribution >= 4 is 5.91 Å². The summed E-state index contributed by atoms with van der Waals surface area (Å²) in [5.74, 6) is 1.34. The first-order chi connectivity index (χ1) is 15.7. The standard InChI is InChI=1S/C23H43N7O2/c24-21(31)17-6-11-29(12-7-17)20-13-18(5-9-26-20)22-27-23(32-28-22)19-4-2-10-30(19)15-16-3-1-8-25-14-16/h16-20,22-23,25-28H,1-15H2,(H2,24,31)/p+2. The van der Waals surface area contributed by atoms with E-state index in [4.69, 9.17) is 10.6 Å². The molecule has 5 saturated heterocycles. The van der Waals surface area contributed by atoms with E-state index < -0.39 is 0 Å². The molecule has 8 N–H and O–H groups in total. The van der Waals surface area contributed by atoms with Gasteiger partial charge in [-0.05, 0) is 32.2 Å². The Labute approximate surface area is 192 Å². The van der Waals surface area contributed by atoms with E-state index in [0.717, 1.165) is 44.8 Å². The van der Waals surface area contributed by atoms with Crippen molar-refractivity contribution in [3.63, 3.8) is 0 Å². The number of quaternary nitrogens is 2. The number of nitrogens with zero attached hydrogens (tertiary/aromatic N) is 1. The Morgan fingerprint density at radius 1 is 1.16 bits per heavy atom. The smallest absolute Gasteiger partial charge is 0.220 e. The molecule has 182 valence electrons. The average molecular weight is 452 g/mol. The second kappa shape index (κ2) is 10.6. The molecule has 5 rings (SSSR count). The van der Waals surface area contributed by atoms with Crippen molar-refractivity contribution in [3.8, 4) is 0 Å². The van der Waals surface area contributed by atoms with Crippen molar-refractivity contribution in [2.45, 2.75) is 76.0 Å². The number of hydrogen-bond donors (Lipinski definition) is 6. The second-order valence-electron chi connectivity index (χ2n) is 11.0. The molecule has 0 spiro atoms. The molecular formula is C23H45N7O2+2. The molecule has 7 unspecified atom stereocenters. The third kappa shape index (κ3) is 5.29. The molecule has 0 aromatic rings. The van der Waals surface area contributed by atoms with Crippen LogP contribution in [0.25, 0.3) is 0 Å². The van der Waals surface area contributed by atoms with Crippen LogP contribution in [0.1, 0.15) is 51.4 Å². The largest absolute Gasteiger partial charge is 0.369 e. The van der Waals surface area contributed by atoms with Crippen molar-refractivity contribution in [3.05, 3.63) is 0 Å². The number of hydrogen-bond acceptors (Lipinski definition) is 6. The van der Waals surface area contributed by atoms with E-state index in [2.05, 4.69) is 26.3 Å². The zero-order valence-electron chi connectivity index (χ0n) is 19.6. The van der Waals surface area contributed by atoms with Gasteiger partial charge in [0.2, 0.25) is 5.91 Å². The van der Waals surface area contributed by atoms with Gasteiger partial charge in [0.05, 0.1) is 25.8 Å². The molecule has 9 nitrogen and oxygen atoms in total. The van der Waals surface area contributed by atoms with Crippen LogP contribution in [0, 0.1) is 17.8 Å². The van der Waals surface area contributed by atoms with Gasteiger partial charge in [-0.15, -0.1) is 0 Å². The third-order valence-electron chi connectivity index (χ3n) is 8.91. The van der Waals surface area contributed by atoms with Gasteiger partial charge in [0.1, 0.15) is 12.2 Å². The summed E-state index contributed by atoms with van der Waals surface area (Å²) >= 11 is 0. The van der Waals surface area contributed by atoms with Crippen LogP contribution in [0.5, 0.6) is 0 Å². The summed E-state index contributed by atoms with van der Waals surface area (Å²) in [5.41, 5.74) is 8.91. The first-order valence-corrected chi connectivity index (χ1v) is 13.3. The molecule has 0 bridgehead atoms. The molecule has 0 aromatic carbocycles. The molecule has 1 amide bonds. The lowest BCUT2D eigenvalue weighted by molar-refractivity contribution is -0.919. The van der Waals surface area contributed by atoms with Crippen LogP contribution in [-0.2, 0) is 9.63 Å². The van der Waals surface area contributed by atoms with Crippen LogP contribution in [0.4, 0.5) is 0 Å². The third-order valence-corrected chi connectivity index (χ3v) is 8.91. The summed E-state index contributed by atoms with van der Waals surface area (Å²) in [5, 5.41) is 9.93. The van der Waals surface area contributed by atoms with E-state index in [1.807, 2.05) is 0 Å². The lowest BCUT2D eigenvalue weighted by atomic mass is 9.90. The number of nitrogens with two attached hydrogens (primary N) is 2. The molecule has 0 radical (unpaired) electrons. The number of piperidine rings is 3. The molecule has 5 heterocycles. The van der Waals surface area contributed by atoms with Crippen LogP contribution < -0.4 is 32.1 Å². The molecule has 5 aliphatic rings. The Balaban J connectivity index is 1.11. The zero-order valence-corrected chi connectivity index (χ0v) is 19.6. The number of carbonyl (C=O) groups excluding carboxylic acids is 1. The SMILES string of the molecule is NC(=O)C1CCN(C2CC(C3NOC(C4CCC[NH+]4CC4CCCNC4)N3)CC[NH2+]2)CC1. The Morgan fingerprint density at radius 3 is 2.81 bits per heavy atom. The predicted octanol–water partition coefficient (Wildman–Crippen LogP) is -2.69. The zero-order chi connectivity index (χ0) is 21.9. The Hall–Kier alpha value is -0.810. The Bertz CT molecular complexity index is 623. The van der Waals surface area contributed by atoms with Gasteiger partial charge < -0.3 is 21.3 Å². The minimum atomic E-state index is -0.125. The van der Waals surface area contributed by atoms with Crippen molar-refractivity contribution in [2.75, 3.05) is 45.8 Å². The summed E-state index contributed by atoms with van der Waals surface area (Å²) in [4.78, 5) is 22.0. The summed E-state index contributed by atoms with van der Waals surface area (Å²) in [6.07, 6.45) is 10.4. The molecule has 32 heavy (non-hydrogen) atoms. The van der Waals surface area contributed by atoms with Gasteiger partial charge in [0.15, 0.2) is 6.23 Å². The van der Waals surface area contributed by atoms with Gasteiger partial charge in [0, 0.05) is 63.1 Å². The topological polar surface area (TPSA) is 113 Å². The minimum Gasteiger partial charge on any atom is -0.369 e. The number of primary amides is 1.